The van der Waals surface area contributed by atoms with Crippen molar-refractivity contribution in [2.45, 2.75) is 52.0 Å². The maximum Gasteiger partial charge on any atom is 0.227 e. The second-order valence-corrected chi connectivity index (χ2v) is 5.43. The Morgan fingerprint density at radius 2 is 2.12 bits per heavy atom. The molecule has 0 unspecified atom stereocenters. The van der Waals surface area contributed by atoms with E-state index in [2.05, 4.69) is 12.2 Å². The van der Waals surface area contributed by atoms with Crippen LogP contribution >= 0.6 is 0 Å². The first-order chi connectivity index (χ1) is 8.07. The molecular weight excluding hydrogens is 216 g/mol. The third kappa shape index (κ3) is 3.42. The lowest BCUT2D eigenvalue weighted by Crippen LogP contribution is -2.51. The second kappa shape index (κ2) is 6.36. The average Bonchev–Trinajstić information content (AvgIpc) is 2.37. The normalized spacial score (nSPS) is 30.9. The number of aliphatic hydroxyl groups is 1. The zero-order valence-corrected chi connectivity index (χ0v) is 11.0. The zero-order chi connectivity index (χ0) is 12.9. The van der Waals surface area contributed by atoms with Gasteiger partial charge < -0.3 is 16.2 Å². The molecule has 4 nitrogen and oxygen atoms in total. The van der Waals surface area contributed by atoms with Gasteiger partial charge in [-0.2, -0.15) is 0 Å². The summed E-state index contributed by atoms with van der Waals surface area (Å²) in [6.07, 6.45) is 4.64. The van der Waals surface area contributed by atoms with E-state index in [-0.39, 0.29) is 18.6 Å². The molecule has 4 N–H and O–H groups in total. The predicted molar refractivity (Wildman–Crippen MR) is 68.4 cm³/mol. The molecule has 0 saturated heterocycles. The van der Waals surface area contributed by atoms with Crippen LogP contribution in [0, 0.1) is 11.3 Å². The summed E-state index contributed by atoms with van der Waals surface area (Å²) in [7, 11) is 0. The van der Waals surface area contributed by atoms with Gasteiger partial charge in [-0.1, -0.05) is 13.8 Å². The smallest absolute Gasteiger partial charge is 0.227 e. The predicted octanol–water partition coefficient (Wildman–Crippen LogP) is 1.03. The lowest BCUT2D eigenvalue weighted by Gasteiger charge is -2.38. The van der Waals surface area contributed by atoms with Gasteiger partial charge in [-0.15, -0.1) is 0 Å². The Bertz CT molecular complexity index is 244. The Morgan fingerprint density at radius 1 is 1.53 bits per heavy atom. The van der Waals surface area contributed by atoms with Gasteiger partial charge in [-0.25, -0.2) is 0 Å². The molecule has 100 valence electrons. The van der Waals surface area contributed by atoms with Crippen molar-refractivity contribution in [1.82, 2.24) is 5.32 Å². The standard InChI is InChI=1S/C13H26N2O2/c1-3-11(8-16)15-12(17)13(9-14)6-4-10(2)5-7-13/h10-11,16H,3-9,14H2,1-2H3,(H,15,17)/t10?,11-,13?/m1/s1. The largest absolute Gasteiger partial charge is 0.394 e. The topological polar surface area (TPSA) is 75.3 Å². The summed E-state index contributed by atoms with van der Waals surface area (Å²) in [6, 6.07) is -0.134. The number of hydrogen-bond acceptors (Lipinski definition) is 3. The maximum absolute atomic E-state index is 12.3. The van der Waals surface area contributed by atoms with Crippen LogP contribution in [0.3, 0.4) is 0 Å². The summed E-state index contributed by atoms with van der Waals surface area (Å²) in [5.41, 5.74) is 5.43. The van der Waals surface area contributed by atoms with Crippen molar-refractivity contribution in [3.63, 3.8) is 0 Å². The van der Waals surface area contributed by atoms with E-state index in [9.17, 15) is 4.79 Å². The number of amides is 1. The molecule has 0 aromatic carbocycles. The molecule has 0 aliphatic heterocycles. The Kier molecular flexibility index (Phi) is 5.40. The summed E-state index contributed by atoms with van der Waals surface area (Å²) in [6.45, 7) is 4.59. The molecule has 1 atom stereocenters. The summed E-state index contributed by atoms with van der Waals surface area (Å²) < 4.78 is 0. The molecule has 0 heterocycles. The van der Waals surface area contributed by atoms with E-state index >= 15 is 0 Å². The minimum atomic E-state index is -0.394. The highest BCUT2D eigenvalue weighted by molar-refractivity contribution is 5.83. The molecule has 1 fully saturated rings. The van der Waals surface area contributed by atoms with Crippen LogP contribution in [0.4, 0.5) is 0 Å². The third-order valence-electron chi connectivity index (χ3n) is 4.15. The molecule has 0 radical (unpaired) electrons. The molecule has 17 heavy (non-hydrogen) atoms. The SMILES string of the molecule is CC[C@H](CO)NC(=O)C1(CN)CCC(C)CC1. The number of nitrogens with one attached hydrogen (secondary N) is 1. The van der Waals surface area contributed by atoms with Crippen LogP contribution in [0.5, 0.6) is 0 Å². The molecular formula is C13H26N2O2. The van der Waals surface area contributed by atoms with Crippen LogP contribution in [0.2, 0.25) is 0 Å². The van der Waals surface area contributed by atoms with Gasteiger partial charge in [0, 0.05) is 6.54 Å². The first-order valence-electron chi connectivity index (χ1n) is 6.70. The fourth-order valence-corrected chi connectivity index (χ4v) is 2.45. The number of nitrogens with two attached hydrogens (primary N) is 1. The number of aliphatic hydroxyl groups excluding tert-OH is 1. The quantitative estimate of drug-likeness (QED) is 0.674. The van der Waals surface area contributed by atoms with Gasteiger partial charge in [0.25, 0.3) is 0 Å². The van der Waals surface area contributed by atoms with Crippen LogP contribution in [0.25, 0.3) is 0 Å². The molecule has 1 amide bonds. The monoisotopic (exact) mass is 242 g/mol. The number of hydrogen-bond donors (Lipinski definition) is 3. The Balaban J connectivity index is 2.63. The summed E-state index contributed by atoms with van der Waals surface area (Å²) >= 11 is 0. The van der Waals surface area contributed by atoms with Crippen molar-refractivity contribution in [2.75, 3.05) is 13.2 Å². The fourth-order valence-electron chi connectivity index (χ4n) is 2.45. The van der Waals surface area contributed by atoms with Gasteiger partial charge in [0.15, 0.2) is 0 Å². The zero-order valence-electron chi connectivity index (χ0n) is 11.0. The van der Waals surface area contributed by atoms with Crippen LogP contribution in [0.1, 0.15) is 46.0 Å². The highest BCUT2D eigenvalue weighted by atomic mass is 16.3. The first kappa shape index (κ1) is 14.5. The van der Waals surface area contributed by atoms with E-state index in [0.29, 0.717) is 12.5 Å². The van der Waals surface area contributed by atoms with Crippen molar-refractivity contribution in [3.8, 4) is 0 Å². The second-order valence-electron chi connectivity index (χ2n) is 5.43. The molecule has 0 spiro atoms. The van der Waals surface area contributed by atoms with Gasteiger partial charge in [-0.05, 0) is 38.0 Å². The fraction of sp³-hybridized carbons (Fsp3) is 0.923. The van der Waals surface area contributed by atoms with Crippen molar-refractivity contribution in [1.29, 1.82) is 0 Å². The van der Waals surface area contributed by atoms with E-state index < -0.39 is 5.41 Å². The van der Waals surface area contributed by atoms with Crippen LogP contribution in [-0.2, 0) is 4.79 Å². The van der Waals surface area contributed by atoms with Gasteiger partial charge in [0.1, 0.15) is 0 Å². The van der Waals surface area contributed by atoms with Gasteiger partial charge in [0.05, 0.1) is 18.1 Å². The highest BCUT2D eigenvalue weighted by Crippen LogP contribution is 2.38. The number of carbonyl (C=O) groups is 1. The maximum atomic E-state index is 12.3. The van der Waals surface area contributed by atoms with Crippen molar-refractivity contribution < 1.29 is 9.90 Å². The summed E-state index contributed by atoms with van der Waals surface area (Å²) in [5, 5.41) is 12.0. The van der Waals surface area contributed by atoms with E-state index in [0.717, 1.165) is 32.1 Å². The molecule has 0 aromatic heterocycles. The Labute approximate surface area is 104 Å². The van der Waals surface area contributed by atoms with Crippen LogP contribution in [0.15, 0.2) is 0 Å². The van der Waals surface area contributed by atoms with Gasteiger partial charge >= 0.3 is 0 Å². The van der Waals surface area contributed by atoms with Crippen LogP contribution in [-0.4, -0.2) is 30.2 Å². The number of rotatable bonds is 5. The number of carbonyl (C=O) groups excluding carboxylic acids is 1. The van der Waals surface area contributed by atoms with Gasteiger partial charge in [0.2, 0.25) is 5.91 Å². The average molecular weight is 242 g/mol. The van der Waals surface area contributed by atoms with E-state index in [4.69, 9.17) is 10.8 Å². The molecule has 0 bridgehead atoms. The van der Waals surface area contributed by atoms with E-state index in [1.54, 1.807) is 0 Å². The Hall–Kier alpha value is -0.610. The molecule has 1 aliphatic rings. The van der Waals surface area contributed by atoms with Crippen molar-refractivity contribution in [2.24, 2.45) is 17.1 Å². The highest BCUT2D eigenvalue weighted by Gasteiger charge is 2.40. The van der Waals surface area contributed by atoms with Crippen molar-refractivity contribution in [3.05, 3.63) is 0 Å². The van der Waals surface area contributed by atoms with Crippen LogP contribution < -0.4 is 11.1 Å². The minimum Gasteiger partial charge on any atom is -0.394 e. The minimum absolute atomic E-state index is 0.000700. The molecule has 4 heteroatoms. The first-order valence-corrected chi connectivity index (χ1v) is 6.70. The molecule has 1 aliphatic carbocycles. The lowest BCUT2D eigenvalue weighted by molar-refractivity contribution is -0.134. The summed E-state index contributed by atoms with van der Waals surface area (Å²) in [5.74, 6) is 0.732. The van der Waals surface area contributed by atoms with Crippen molar-refractivity contribution >= 4 is 5.91 Å². The molecule has 1 rings (SSSR count). The van der Waals surface area contributed by atoms with E-state index in [1.807, 2.05) is 6.92 Å². The Morgan fingerprint density at radius 3 is 2.53 bits per heavy atom. The van der Waals surface area contributed by atoms with E-state index in [1.165, 1.54) is 0 Å². The summed E-state index contributed by atoms with van der Waals surface area (Å²) in [4.78, 5) is 12.3. The molecule has 0 aromatic rings. The van der Waals surface area contributed by atoms with Gasteiger partial charge in [-0.3, -0.25) is 4.79 Å². The molecule has 1 saturated carbocycles. The third-order valence-corrected chi connectivity index (χ3v) is 4.15. The lowest BCUT2D eigenvalue weighted by atomic mass is 9.70.